The average Bonchev–Trinajstić information content (AvgIpc) is 1.87. The normalized spacial score (nSPS) is 11.1. The zero-order valence-electron chi connectivity index (χ0n) is 3.81. The Morgan fingerprint density at radius 3 is 1.25 bits per heavy atom. The third-order valence-electron chi connectivity index (χ3n) is 0.387. The van der Waals surface area contributed by atoms with E-state index in [4.69, 9.17) is 0 Å². The minimum atomic E-state index is -3.51. The van der Waals surface area contributed by atoms with Crippen LogP contribution in [0.25, 0.3) is 0 Å². The zero-order chi connectivity index (χ0) is 6.62. The summed E-state index contributed by atoms with van der Waals surface area (Å²) in [6.07, 6.45) is 0. The molecular formula is O4Tl3V. The molecule has 0 saturated heterocycles. The summed E-state index contributed by atoms with van der Waals surface area (Å²) in [6, 6.07) is 0. The molecule has 0 heterocycles. The first-order valence-electron chi connectivity index (χ1n) is 1.44. The molecule has 0 aliphatic carbocycles. The molecule has 0 atom stereocenters. The summed E-state index contributed by atoms with van der Waals surface area (Å²) in [5.74, 6) is 0. The molecule has 0 N–H and O–H groups in total. The Labute approximate surface area is 100.0 Å². The van der Waals surface area contributed by atoms with Crippen LogP contribution in [0.2, 0.25) is 0 Å². The fraction of sp³-hybridized carbons (Fsp3) is 0. The van der Waals surface area contributed by atoms with Crippen LogP contribution < -0.4 is 0 Å². The first kappa shape index (κ1) is 11.0. The molecular weight excluding hydrogens is 728 g/mol. The van der Waals surface area contributed by atoms with Crippen molar-refractivity contribution in [1.82, 2.24) is 0 Å². The van der Waals surface area contributed by atoms with Gasteiger partial charge in [-0.2, -0.15) is 0 Å². The molecule has 0 bridgehead atoms. The molecule has 0 amide bonds. The fourth-order valence-electron chi connectivity index (χ4n) is 0.0745. The first-order valence-corrected chi connectivity index (χ1v) is 9.22. The fourth-order valence-corrected chi connectivity index (χ4v) is 23.7. The van der Waals surface area contributed by atoms with Gasteiger partial charge in [0.15, 0.2) is 0 Å². The molecule has 0 aromatic carbocycles. The molecule has 0 saturated carbocycles. The van der Waals surface area contributed by atoms with Crippen LogP contribution in [0.1, 0.15) is 0 Å². The van der Waals surface area contributed by atoms with Crippen LogP contribution in [-0.4, -0.2) is 78.7 Å². The van der Waals surface area contributed by atoms with Gasteiger partial charge in [-0.1, -0.05) is 0 Å². The van der Waals surface area contributed by atoms with Crippen molar-refractivity contribution in [1.29, 1.82) is 0 Å². The van der Waals surface area contributed by atoms with Gasteiger partial charge in [0.2, 0.25) is 0 Å². The van der Waals surface area contributed by atoms with Crippen LogP contribution in [0.5, 0.6) is 0 Å². The van der Waals surface area contributed by atoms with Gasteiger partial charge in [-0.3, -0.25) is 0 Å². The Bertz CT molecular complexity index is 82.4. The van der Waals surface area contributed by atoms with Crippen LogP contribution in [0.3, 0.4) is 0 Å². The van der Waals surface area contributed by atoms with Crippen molar-refractivity contribution in [2.75, 3.05) is 0 Å². The summed E-state index contributed by atoms with van der Waals surface area (Å²) in [6.45, 7) is 0. The number of rotatable bonds is 3. The summed E-state index contributed by atoms with van der Waals surface area (Å²) in [7, 11) is 0. The van der Waals surface area contributed by atoms with Crippen LogP contribution in [0.15, 0.2) is 0 Å². The first-order chi connectivity index (χ1) is 3.68. The van der Waals surface area contributed by atoms with E-state index in [-0.39, 0.29) is 78.7 Å². The second kappa shape index (κ2) is 5.65. The summed E-state index contributed by atoms with van der Waals surface area (Å²) in [4.78, 5) is 0. The molecule has 8 heavy (non-hydrogen) atoms. The Balaban J connectivity index is 3.79. The summed E-state index contributed by atoms with van der Waals surface area (Å²) < 4.78 is 24.8. The zero-order valence-corrected chi connectivity index (χ0v) is 18.7. The van der Waals surface area contributed by atoms with E-state index in [1.165, 1.54) is 0 Å². The topological polar surface area (TPSA) is 44.8 Å². The SMILES string of the molecule is [O]=[V]([O][Tl])([O][Tl])[O][Tl]. The van der Waals surface area contributed by atoms with Gasteiger partial charge in [0.05, 0.1) is 0 Å². The third kappa shape index (κ3) is 4.02. The predicted molar refractivity (Wildman–Crippen MR) is 21.2 cm³/mol. The van der Waals surface area contributed by atoms with E-state index in [9.17, 15) is 3.67 Å². The molecule has 0 spiro atoms. The summed E-state index contributed by atoms with van der Waals surface area (Å²) in [5, 5.41) is 0. The summed E-state index contributed by atoms with van der Waals surface area (Å²) in [5.41, 5.74) is 0. The van der Waals surface area contributed by atoms with Crippen molar-refractivity contribution in [3.8, 4) is 0 Å². The molecule has 0 unspecified atom stereocenters. The van der Waals surface area contributed by atoms with E-state index in [1.807, 2.05) is 0 Å². The van der Waals surface area contributed by atoms with Crippen molar-refractivity contribution >= 4 is 78.7 Å². The quantitative estimate of drug-likeness (QED) is 0.334. The molecule has 38 valence electrons. The molecule has 0 aliphatic rings. The van der Waals surface area contributed by atoms with Crippen LogP contribution in [-0.2, 0) is 23.5 Å². The van der Waals surface area contributed by atoms with Gasteiger partial charge >= 0.3 is 102 Å². The second-order valence-corrected chi connectivity index (χ2v) is 13.3. The molecule has 0 rings (SSSR count). The van der Waals surface area contributed by atoms with E-state index in [0.717, 1.165) is 0 Å². The standard InChI is InChI=1S/4O.3Tl.V. The van der Waals surface area contributed by atoms with Crippen molar-refractivity contribution in [3.63, 3.8) is 0 Å². The van der Waals surface area contributed by atoms with Gasteiger partial charge in [0.25, 0.3) is 0 Å². The maximum atomic E-state index is 10.8. The number of hydrogen-bond donors (Lipinski definition) is 0. The van der Waals surface area contributed by atoms with E-state index in [2.05, 4.69) is 4.84 Å². The van der Waals surface area contributed by atoms with Crippen molar-refractivity contribution in [2.45, 2.75) is 0 Å². The van der Waals surface area contributed by atoms with E-state index in [1.54, 1.807) is 0 Å². The molecule has 0 aliphatic heterocycles. The van der Waals surface area contributed by atoms with Crippen molar-refractivity contribution in [2.24, 2.45) is 0 Å². The molecule has 0 aromatic heterocycles. The van der Waals surface area contributed by atoms with Crippen molar-refractivity contribution in [3.05, 3.63) is 0 Å². The van der Waals surface area contributed by atoms with Crippen LogP contribution >= 0.6 is 0 Å². The maximum absolute atomic E-state index is 10.8. The number of hydrogen-bond acceptors (Lipinski definition) is 4. The molecule has 4 nitrogen and oxygen atoms in total. The minimum absolute atomic E-state index is 0.252. The van der Waals surface area contributed by atoms with Crippen LogP contribution in [0, 0.1) is 0 Å². The van der Waals surface area contributed by atoms with Crippen molar-refractivity contribution < 1.29 is 23.5 Å². The predicted octanol–water partition coefficient (Wildman–Crippen LogP) is -1.47. The summed E-state index contributed by atoms with van der Waals surface area (Å²) >= 11 is -2.75. The second-order valence-electron chi connectivity index (χ2n) is 0.763. The van der Waals surface area contributed by atoms with E-state index in [0.29, 0.717) is 0 Å². The molecule has 8 heteroatoms. The van der Waals surface area contributed by atoms with Crippen LogP contribution in [0.4, 0.5) is 0 Å². The monoisotopic (exact) mass is 730 g/mol. The Hall–Kier alpha value is 3.03. The molecule has 0 aromatic rings. The van der Waals surface area contributed by atoms with Gasteiger partial charge in [-0.25, -0.2) is 0 Å². The average molecular weight is 728 g/mol. The molecule has 0 fully saturated rings. The van der Waals surface area contributed by atoms with Gasteiger partial charge in [0, 0.05) is 0 Å². The Morgan fingerprint density at radius 2 is 1.25 bits per heavy atom. The van der Waals surface area contributed by atoms with Gasteiger partial charge in [0.1, 0.15) is 0 Å². The van der Waals surface area contributed by atoms with Gasteiger partial charge in [-0.05, 0) is 0 Å². The Kier molecular flexibility index (Phi) is 7.79. The van der Waals surface area contributed by atoms with E-state index >= 15 is 0 Å². The van der Waals surface area contributed by atoms with Gasteiger partial charge < -0.3 is 0 Å². The molecule has 0 radical (unpaired) electrons. The third-order valence-corrected chi connectivity index (χ3v) is 14.0. The van der Waals surface area contributed by atoms with Gasteiger partial charge in [-0.15, -0.1) is 0 Å². The van der Waals surface area contributed by atoms with E-state index < -0.39 is 15.0 Å². The Morgan fingerprint density at radius 1 is 1.00 bits per heavy atom.